The minimum atomic E-state index is -1.82. The summed E-state index contributed by atoms with van der Waals surface area (Å²) in [6.07, 6.45) is 5.30. The Morgan fingerprint density at radius 1 is 1.14 bits per heavy atom. The molecule has 2 fully saturated rings. The molecule has 0 N–H and O–H groups in total. The minimum absolute atomic E-state index is 0.0680. The molecule has 0 spiro atoms. The first-order valence-electron chi connectivity index (χ1n) is 7.76. The number of piperidine rings is 1. The van der Waals surface area contributed by atoms with Crippen molar-refractivity contribution in [3.8, 4) is 0 Å². The van der Waals surface area contributed by atoms with Gasteiger partial charge in [0.1, 0.15) is 0 Å². The van der Waals surface area contributed by atoms with Gasteiger partial charge < -0.3 is 14.4 Å². The summed E-state index contributed by atoms with van der Waals surface area (Å²) in [6, 6.07) is 0. The number of carbonyl (C=O) groups excluding carboxylic acids is 2. The van der Waals surface area contributed by atoms with E-state index in [9.17, 15) is 14.0 Å². The number of amides is 2. The van der Waals surface area contributed by atoms with Crippen LogP contribution in [0.15, 0.2) is 12.4 Å². The lowest BCUT2D eigenvalue weighted by Gasteiger charge is -2.37. The normalized spacial score (nSPS) is 21.2. The van der Waals surface area contributed by atoms with Crippen molar-refractivity contribution in [3.63, 3.8) is 0 Å². The van der Waals surface area contributed by atoms with E-state index in [1.54, 1.807) is 33.8 Å². The second kappa shape index (κ2) is 5.70. The SMILES string of the molecule is Cn1ccnc1C(=O)N1CCC(F)(C(=O)N2CCCC2)CC1. The lowest BCUT2D eigenvalue weighted by atomic mass is 9.91. The van der Waals surface area contributed by atoms with E-state index in [-0.39, 0.29) is 31.8 Å². The van der Waals surface area contributed by atoms with E-state index in [4.69, 9.17) is 0 Å². The van der Waals surface area contributed by atoms with Gasteiger partial charge in [0.2, 0.25) is 0 Å². The largest absolute Gasteiger partial charge is 0.340 e. The Kier molecular flexibility index (Phi) is 3.88. The van der Waals surface area contributed by atoms with E-state index in [0.717, 1.165) is 12.8 Å². The number of alkyl halides is 1. The fourth-order valence-electron chi connectivity index (χ4n) is 3.19. The number of nitrogens with zero attached hydrogens (tertiary/aromatic N) is 4. The van der Waals surface area contributed by atoms with Crippen LogP contribution < -0.4 is 0 Å². The quantitative estimate of drug-likeness (QED) is 0.818. The number of carbonyl (C=O) groups is 2. The van der Waals surface area contributed by atoms with Crippen molar-refractivity contribution < 1.29 is 14.0 Å². The maximum absolute atomic E-state index is 14.9. The van der Waals surface area contributed by atoms with Gasteiger partial charge in [-0.1, -0.05) is 0 Å². The van der Waals surface area contributed by atoms with Crippen LogP contribution in [0.3, 0.4) is 0 Å². The molecule has 0 aliphatic carbocycles. The zero-order valence-electron chi connectivity index (χ0n) is 12.8. The molecule has 3 rings (SSSR count). The van der Waals surface area contributed by atoms with Crippen molar-refractivity contribution in [2.45, 2.75) is 31.4 Å². The van der Waals surface area contributed by atoms with E-state index in [0.29, 0.717) is 18.9 Å². The van der Waals surface area contributed by atoms with E-state index in [1.165, 1.54) is 0 Å². The highest BCUT2D eigenvalue weighted by atomic mass is 19.1. The second-order valence-electron chi connectivity index (χ2n) is 6.12. The number of aromatic nitrogens is 2. The number of imidazole rings is 1. The third kappa shape index (κ3) is 2.60. The molecule has 2 aliphatic heterocycles. The van der Waals surface area contributed by atoms with Crippen LogP contribution in [0.25, 0.3) is 0 Å². The smallest absolute Gasteiger partial charge is 0.289 e. The summed E-state index contributed by atoms with van der Waals surface area (Å²) >= 11 is 0. The monoisotopic (exact) mass is 308 g/mol. The summed E-state index contributed by atoms with van der Waals surface area (Å²) in [5.74, 6) is -0.255. The molecular formula is C15H21FN4O2. The Morgan fingerprint density at radius 2 is 1.77 bits per heavy atom. The molecule has 1 aromatic heterocycles. The number of halogens is 1. The van der Waals surface area contributed by atoms with Gasteiger partial charge in [0.05, 0.1) is 0 Å². The van der Waals surface area contributed by atoms with Gasteiger partial charge in [0.25, 0.3) is 11.8 Å². The molecule has 7 heteroatoms. The zero-order valence-corrected chi connectivity index (χ0v) is 12.8. The summed E-state index contributed by atoms with van der Waals surface area (Å²) in [4.78, 5) is 31.9. The van der Waals surface area contributed by atoms with Gasteiger partial charge in [-0.3, -0.25) is 9.59 Å². The Balaban J connectivity index is 1.63. The van der Waals surface area contributed by atoms with Crippen molar-refractivity contribution in [2.75, 3.05) is 26.2 Å². The molecule has 6 nitrogen and oxygen atoms in total. The van der Waals surface area contributed by atoms with Crippen LogP contribution in [-0.4, -0.2) is 63.0 Å². The molecule has 1 aromatic rings. The Morgan fingerprint density at radius 3 is 2.32 bits per heavy atom. The van der Waals surface area contributed by atoms with E-state index in [1.807, 2.05) is 0 Å². The van der Waals surface area contributed by atoms with Gasteiger partial charge in [-0.25, -0.2) is 9.37 Å². The highest BCUT2D eigenvalue weighted by Gasteiger charge is 2.45. The molecule has 0 unspecified atom stereocenters. The third-order valence-electron chi connectivity index (χ3n) is 4.63. The van der Waals surface area contributed by atoms with Gasteiger partial charge in [0.15, 0.2) is 11.5 Å². The molecule has 2 saturated heterocycles. The average Bonchev–Trinajstić information content (AvgIpc) is 3.18. The first-order valence-corrected chi connectivity index (χ1v) is 7.76. The average molecular weight is 308 g/mol. The first-order chi connectivity index (χ1) is 10.5. The highest BCUT2D eigenvalue weighted by Crippen LogP contribution is 2.30. The highest BCUT2D eigenvalue weighted by molar-refractivity contribution is 5.91. The van der Waals surface area contributed by atoms with Crippen LogP contribution in [0.2, 0.25) is 0 Å². The summed E-state index contributed by atoms with van der Waals surface area (Å²) in [6.45, 7) is 1.81. The summed E-state index contributed by atoms with van der Waals surface area (Å²) in [5, 5.41) is 0. The molecule has 0 atom stereocenters. The number of hydrogen-bond donors (Lipinski definition) is 0. The fraction of sp³-hybridized carbons (Fsp3) is 0.667. The molecule has 0 saturated carbocycles. The molecule has 3 heterocycles. The number of rotatable bonds is 2. The van der Waals surface area contributed by atoms with Crippen LogP contribution in [0.4, 0.5) is 4.39 Å². The maximum atomic E-state index is 14.9. The Labute approximate surface area is 128 Å². The summed E-state index contributed by atoms with van der Waals surface area (Å²) in [5.41, 5.74) is -1.82. The number of aryl methyl sites for hydroxylation is 1. The molecule has 0 aromatic carbocycles. The van der Waals surface area contributed by atoms with Crippen molar-refractivity contribution in [1.29, 1.82) is 0 Å². The predicted octanol–water partition coefficient (Wildman–Crippen LogP) is 0.987. The molecule has 2 aliphatic rings. The molecule has 0 radical (unpaired) electrons. The van der Waals surface area contributed by atoms with Gasteiger partial charge in [-0.05, 0) is 12.8 Å². The number of hydrogen-bond acceptors (Lipinski definition) is 3. The molecule has 2 amide bonds. The molecule has 22 heavy (non-hydrogen) atoms. The molecule has 0 bridgehead atoms. The lowest BCUT2D eigenvalue weighted by Crippen LogP contribution is -2.53. The lowest BCUT2D eigenvalue weighted by molar-refractivity contribution is -0.145. The second-order valence-corrected chi connectivity index (χ2v) is 6.12. The zero-order chi connectivity index (χ0) is 15.7. The fourth-order valence-corrected chi connectivity index (χ4v) is 3.19. The van der Waals surface area contributed by atoms with Crippen LogP contribution in [0, 0.1) is 0 Å². The van der Waals surface area contributed by atoms with Crippen LogP contribution >= 0.6 is 0 Å². The van der Waals surface area contributed by atoms with E-state index < -0.39 is 11.6 Å². The van der Waals surface area contributed by atoms with Crippen LogP contribution in [0.5, 0.6) is 0 Å². The van der Waals surface area contributed by atoms with Crippen LogP contribution in [-0.2, 0) is 11.8 Å². The summed E-state index contributed by atoms with van der Waals surface area (Å²) < 4.78 is 16.6. The first kappa shape index (κ1) is 15.0. The van der Waals surface area contributed by atoms with Gasteiger partial charge in [-0.15, -0.1) is 0 Å². The van der Waals surface area contributed by atoms with Gasteiger partial charge >= 0.3 is 0 Å². The summed E-state index contributed by atoms with van der Waals surface area (Å²) in [7, 11) is 1.75. The maximum Gasteiger partial charge on any atom is 0.289 e. The van der Waals surface area contributed by atoms with Crippen molar-refractivity contribution in [1.82, 2.24) is 19.4 Å². The van der Waals surface area contributed by atoms with E-state index in [2.05, 4.69) is 4.98 Å². The topological polar surface area (TPSA) is 58.4 Å². The van der Waals surface area contributed by atoms with Crippen molar-refractivity contribution in [3.05, 3.63) is 18.2 Å². The van der Waals surface area contributed by atoms with Crippen molar-refractivity contribution in [2.24, 2.45) is 7.05 Å². The minimum Gasteiger partial charge on any atom is -0.340 e. The van der Waals surface area contributed by atoms with Gasteiger partial charge in [-0.2, -0.15) is 0 Å². The third-order valence-corrected chi connectivity index (χ3v) is 4.63. The Hall–Kier alpha value is -1.92. The molecular weight excluding hydrogens is 287 g/mol. The van der Waals surface area contributed by atoms with Crippen molar-refractivity contribution >= 4 is 11.8 Å². The van der Waals surface area contributed by atoms with E-state index >= 15 is 0 Å². The Bertz CT molecular complexity index is 572. The number of likely N-dealkylation sites (tertiary alicyclic amines) is 2. The molecule has 120 valence electrons. The van der Waals surface area contributed by atoms with Crippen LogP contribution in [0.1, 0.15) is 36.3 Å². The standard InChI is InChI=1S/C15H21FN4O2/c1-18-11-6-17-12(18)13(21)19-9-4-15(16,5-10-19)14(22)20-7-2-3-8-20/h6,11H,2-5,7-10H2,1H3. The predicted molar refractivity (Wildman–Crippen MR) is 78.0 cm³/mol. The van der Waals surface area contributed by atoms with Gasteiger partial charge in [0, 0.05) is 58.5 Å².